The summed E-state index contributed by atoms with van der Waals surface area (Å²) in [5, 5.41) is 4.50. The summed E-state index contributed by atoms with van der Waals surface area (Å²) < 4.78 is 12.7. The summed E-state index contributed by atoms with van der Waals surface area (Å²) in [5.74, 6) is 2.15. The maximum atomic E-state index is 6.44. The molecule has 0 bridgehead atoms. The van der Waals surface area contributed by atoms with Crippen LogP contribution in [0.15, 0.2) is 87.9 Å². The number of benzene rings is 2. The highest BCUT2D eigenvalue weighted by Gasteiger charge is 2.42. The smallest absolute Gasteiger partial charge is 0.174 e. The molecule has 0 spiro atoms. The van der Waals surface area contributed by atoms with Gasteiger partial charge in [0, 0.05) is 21.9 Å². The van der Waals surface area contributed by atoms with Crippen molar-refractivity contribution in [3.63, 3.8) is 0 Å². The van der Waals surface area contributed by atoms with E-state index in [0.717, 1.165) is 32.9 Å². The third kappa shape index (κ3) is 4.24. The topological polar surface area (TPSA) is 50.5 Å². The van der Waals surface area contributed by atoms with Gasteiger partial charge in [0.1, 0.15) is 23.3 Å². The number of aromatic nitrogens is 1. The molecular formula is C25H19BrClN3O2S. The first-order chi connectivity index (χ1) is 16.0. The highest BCUT2D eigenvalue weighted by atomic mass is 79.9. The zero-order valence-electron chi connectivity index (χ0n) is 17.5. The van der Waals surface area contributed by atoms with Crippen LogP contribution in [0.4, 0.5) is 5.69 Å². The van der Waals surface area contributed by atoms with Gasteiger partial charge in [0.15, 0.2) is 5.11 Å². The first-order valence-corrected chi connectivity index (χ1v) is 11.8. The summed E-state index contributed by atoms with van der Waals surface area (Å²) in [6.45, 7) is 0. The SMILES string of the molecule is COc1ccc(N2C(=S)N[C@@H](c3ccccn3)[C@H]2c2ccc(-c3ccc(Br)cc3)o2)cc1Cl. The van der Waals surface area contributed by atoms with Crippen molar-refractivity contribution in [3.05, 3.63) is 99.9 Å². The summed E-state index contributed by atoms with van der Waals surface area (Å²) in [5.41, 5.74) is 2.70. The Balaban J connectivity index is 1.59. The molecule has 4 aromatic rings. The number of nitrogens with one attached hydrogen (secondary N) is 1. The van der Waals surface area contributed by atoms with Gasteiger partial charge >= 0.3 is 0 Å². The summed E-state index contributed by atoms with van der Waals surface area (Å²) in [4.78, 5) is 6.59. The van der Waals surface area contributed by atoms with E-state index in [4.69, 9.17) is 33.0 Å². The first kappa shape index (κ1) is 21.9. The molecule has 1 N–H and O–H groups in total. The highest BCUT2D eigenvalue weighted by Crippen LogP contribution is 2.44. The van der Waals surface area contributed by atoms with Crippen LogP contribution in [0.5, 0.6) is 5.75 Å². The van der Waals surface area contributed by atoms with Crippen LogP contribution in [0.3, 0.4) is 0 Å². The highest BCUT2D eigenvalue weighted by molar-refractivity contribution is 9.10. The number of pyridine rings is 1. The van der Waals surface area contributed by atoms with E-state index in [-0.39, 0.29) is 12.1 Å². The minimum atomic E-state index is -0.263. The van der Waals surface area contributed by atoms with Gasteiger partial charge in [0.05, 0.1) is 23.9 Å². The molecule has 1 aliphatic rings. The molecule has 2 atom stereocenters. The molecule has 0 aliphatic carbocycles. The summed E-state index contributed by atoms with van der Waals surface area (Å²) in [6, 6.07) is 23.0. The third-order valence-corrected chi connectivity index (χ3v) is 6.70. The fourth-order valence-corrected chi connectivity index (χ4v) is 4.87. The van der Waals surface area contributed by atoms with Crippen molar-refractivity contribution < 1.29 is 9.15 Å². The molecule has 8 heteroatoms. The molecule has 0 unspecified atom stereocenters. The van der Waals surface area contributed by atoms with E-state index in [9.17, 15) is 0 Å². The van der Waals surface area contributed by atoms with Crippen molar-refractivity contribution in [1.82, 2.24) is 10.3 Å². The van der Waals surface area contributed by atoms with E-state index in [1.54, 1.807) is 13.3 Å². The molecule has 33 heavy (non-hydrogen) atoms. The van der Waals surface area contributed by atoms with E-state index in [1.165, 1.54) is 0 Å². The summed E-state index contributed by atoms with van der Waals surface area (Å²) in [6.07, 6.45) is 1.78. The monoisotopic (exact) mass is 539 g/mol. The van der Waals surface area contributed by atoms with Gasteiger partial charge in [0.2, 0.25) is 0 Å². The minimum absolute atomic E-state index is 0.205. The number of halogens is 2. The molecule has 1 fully saturated rings. The minimum Gasteiger partial charge on any atom is -0.495 e. The molecule has 0 amide bonds. The van der Waals surface area contributed by atoms with Gasteiger partial charge in [-0.3, -0.25) is 4.98 Å². The zero-order chi connectivity index (χ0) is 22.9. The number of anilines is 1. The van der Waals surface area contributed by atoms with Crippen molar-refractivity contribution >= 4 is 50.5 Å². The molecular weight excluding hydrogens is 522 g/mol. The molecule has 2 aromatic heterocycles. The Morgan fingerprint density at radius 2 is 1.91 bits per heavy atom. The van der Waals surface area contributed by atoms with Crippen molar-refractivity contribution in [2.24, 2.45) is 0 Å². The Kier molecular flexibility index (Phi) is 6.10. The molecule has 166 valence electrons. The van der Waals surface area contributed by atoms with Crippen LogP contribution in [0.1, 0.15) is 23.5 Å². The van der Waals surface area contributed by atoms with E-state index >= 15 is 0 Å². The second-order valence-corrected chi connectivity index (χ2v) is 9.23. The van der Waals surface area contributed by atoms with Crippen LogP contribution in [0.25, 0.3) is 11.3 Å². The van der Waals surface area contributed by atoms with Crippen molar-refractivity contribution in [3.8, 4) is 17.1 Å². The Hall–Kier alpha value is -2.87. The zero-order valence-corrected chi connectivity index (χ0v) is 20.7. The number of methoxy groups -OCH3 is 1. The second-order valence-electron chi connectivity index (χ2n) is 7.52. The maximum absolute atomic E-state index is 6.44. The average molecular weight is 541 g/mol. The molecule has 0 saturated carbocycles. The molecule has 1 aliphatic heterocycles. The lowest BCUT2D eigenvalue weighted by Gasteiger charge is -2.26. The van der Waals surface area contributed by atoms with Crippen molar-refractivity contribution in [2.75, 3.05) is 12.0 Å². The van der Waals surface area contributed by atoms with Gasteiger partial charge in [-0.15, -0.1) is 0 Å². The van der Waals surface area contributed by atoms with Crippen LogP contribution in [-0.4, -0.2) is 17.2 Å². The Bertz CT molecular complexity index is 1300. The molecule has 3 heterocycles. The second kappa shape index (κ2) is 9.17. The predicted octanol–water partition coefficient (Wildman–Crippen LogP) is 6.94. The lowest BCUT2D eigenvalue weighted by atomic mass is 10.0. The van der Waals surface area contributed by atoms with Crippen molar-refractivity contribution in [1.29, 1.82) is 0 Å². The van der Waals surface area contributed by atoms with Crippen LogP contribution < -0.4 is 15.0 Å². The van der Waals surface area contributed by atoms with E-state index < -0.39 is 0 Å². The van der Waals surface area contributed by atoms with Crippen LogP contribution in [0, 0.1) is 0 Å². The lowest BCUT2D eigenvalue weighted by molar-refractivity contribution is 0.415. The largest absolute Gasteiger partial charge is 0.495 e. The molecule has 5 nitrogen and oxygen atoms in total. The normalized spacial score (nSPS) is 17.8. The average Bonchev–Trinajstić information content (AvgIpc) is 3.44. The number of furan rings is 1. The summed E-state index contributed by atoms with van der Waals surface area (Å²) in [7, 11) is 1.59. The predicted molar refractivity (Wildman–Crippen MR) is 138 cm³/mol. The fourth-order valence-electron chi connectivity index (χ4n) is 4.01. The van der Waals surface area contributed by atoms with Crippen LogP contribution >= 0.6 is 39.7 Å². The van der Waals surface area contributed by atoms with Crippen LogP contribution in [-0.2, 0) is 0 Å². The maximum Gasteiger partial charge on any atom is 0.174 e. The number of thiocarbonyl (C=S) groups is 1. The quantitative estimate of drug-likeness (QED) is 0.277. The van der Waals surface area contributed by atoms with Gasteiger partial charge < -0.3 is 19.4 Å². The molecule has 1 saturated heterocycles. The van der Waals surface area contributed by atoms with E-state index in [2.05, 4.69) is 26.2 Å². The van der Waals surface area contributed by atoms with E-state index in [0.29, 0.717) is 15.9 Å². The Morgan fingerprint density at radius 1 is 1.09 bits per heavy atom. The lowest BCUT2D eigenvalue weighted by Crippen LogP contribution is -2.29. The van der Waals surface area contributed by atoms with Gasteiger partial charge in [-0.2, -0.15) is 0 Å². The molecule has 0 radical (unpaired) electrons. The summed E-state index contributed by atoms with van der Waals surface area (Å²) >= 11 is 15.7. The van der Waals surface area contributed by atoms with Gasteiger partial charge in [-0.1, -0.05) is 45.7 Å². The van der Waals surface area contributed by atoms with Crippen LogP contribution in [0.2, 0.25) is 5.02 Å². The third-order valence-electron chi connectivity index (χ3n) is 5.56. The Morgan fingerprint density at radius 3 is 2.61 bits per heavy atom. The molecule has 5 rings (SSSR count). The number of hydrogen-bond acceptors (Lipinski definition) is 4. The van der Waals surface area contributed by atoms with E-state index in [1.807, 2.05) is 77.7 Å². The number of ether oxygens (including phenoxy) is 1. The van der Waals surface area contributed by atoms with Gasteiger partial charge in [-0.25, -0.2) is 0 Å². The van der Waals surface area contributed by atoms with Gasteiger partial charge in [0.25, 0.3) is 0 Å². The first-order valence-electron chi connectivity index (χ1n) is 10.2. The fraction of sp³-hybridized carbons (Fsp3) is 0.120. The van der Waals surface area contributed by atoms with Gasteiger partial charge in [-0.05, 0) is 66.8 Å². The Labute approximate surface area is 210 Å². The number of nitrogens with zero attached hydrogens (tertiary/aromatic N) is 2. The number of rotatable bonds is 5. The molecule has 2 aromatic carbocycles. The van der Waals surface area contributed by atoms with Crippen molar-refractivity contribution in [2.45, 2.75) is 12.1 Å². The standard InChI is InChI=1S/C25H19BrClN3O2S/c1-31-21-10-9-17(14-18(21)27)30-24(23(29-25(30)33)19-4-2-3-13-28-19)22-12-11-20(32-22)15-5-7-16(26)8-6-15/h2-14,23-24H,1H3,(H,29,33)/t23-,24+/m0/s1. The number of hydrogen-bond donors (Lipinski definition) is 1.